The van der Waals surface area contributed by atoms with Gasteiger partial charge in [0.05, 0.1) is 0 Å². The Morgan fingerprint density at radius 2 is 1.92 bits per heavy atom. The number of hydrogen-bond acceptors (Lipinski definition) is 5. The molecule has 128 valence electrons. The standard InChI is InChI=1S/C19H20N4O2/c20-14-16-4-2-6-18(21-16)22-9-11-23(12-10-22)19(25)8-7-15-3-1-5-17(24)13-15/h1-6,13,24H,7-12H2. The van der Waals surface area contributed by atoms with Crippen molar-refractivity contribution >= 4 is 11.7 Å². The Labute approximate surface area is 146 Å². The second-order valence-corrected chi connectivity index (χ2v) is 6.03. The minimum atomic E-state index is 0.127. The fourth-order valence-corrected chi connectivity index (χ4v) is 2.97. The van der Waals surface area contributed by atoms with Gasteiger partial charge in [0.25, 0.3) is 0 Å². The number of aromatic hydroxyl groups is 1. The quantitative estimate of drug-likeness (QED) is 0.923. The van der Waals surface area contributed by atoms with Crippen molar-refractivity contribution in [2.75, 3.05) is 31.1 Å². The summed E-state index contributed by atoms with van der Waals surface area (Å²) in [5.41, 5.74) is 1.37. The van der Waals surface area contributed by atoms with E-state index in [1.807, 2.05) is 29.2 Å². The third-order valence-corrected chi connectivity index (χ3v) is 4.34. The SMILES string of the molecule is N#Cc1cccc(N2CCN(C(=O)CCc3cccc(O)c3)CC2)n1. The molecule has 0 radical (unpaired) electrons. The zero-order valence-electron chi connectivity index (χ0n) is 13.9. The zero-order chi connectivity index (χ0) is 17.6. The molecule has 1 aromatic carbocycles. The molecule has 6 heteroatoms. The molecule has 0 spiro atoms. The van der Waals surface area contributed by atoms with Gasteiger partial charge in [-0.2, -0.15) is 5.26 Å². The van der Waals surface area contributed by atoms with Crippen LogP contribution in [0.1, 0.15) is 17.7 Å². The van der Waals surface area contributed by atoms with Crippen LogP contribution in [0, 0.1) is 11.3 Å². The Bertz CT molecular complexity index is 792. The molecule has 1 aliphatic rings. The molecule has 1 N–H and O–H groups in total. The number of nitriles is 1. The van der Waals surface area contributed by atoms with Gasteiger partial charge in [0.1, 0.15) is 23.3 Å². The fourth-order valence-electron chi connectivity index (χ4n) is 2.97. The molecule has 0 saturated carbocycles. The zero-order valence-corrected chi connectivity index (χ0v) is 13.9. The lowest BCUT2D eigenvalue weighted by molar-refractivity contribution is -0.131. The van der Waals surface area contributed by atoms with Crippen LogP contribution in [0.15, 0.2) is 42.5 Å². The molecule has 0 atom stereocenters. The molecule has 1 aromatic heterocycles. The van der Waals surface area contributed by atoms with Gasteiger partial charge in [-0.1, -0.05) is 18.2 Å². The van der Waals surface area contributed by atoms with Crippen molar-refractivity contribution in [3.63, 3.8) is 0 Å². The van der Waals surface area contributed by atoms with E-state index >= 15 is 0 Å². The second-order valence-electron chi connectivity index (χ2n) is 6.03. The third-order valence-electron chi connectivity index (χ3n) is 4.34. The number of carbonyl (C=O) groups is 1. The first-order valence-electron chi connectivity index (χ1n) is 8.33. The van der Waals surface area contributed by atoms with E-state index in [0.29, 0.717) is 44.7 Å². The average Bonchev–Trinajstić information content (AvgIpc) is 2.66. The number of phenols is 1. The Morgan fingerprint density at radius 3 is 2.64 bits per heavy atom. The summed E-state index contributed by atoms with van der Waals surface area (Å²) in [5, 5.41) is 18.4. The summed E-state index contributed by atoms with van der Waals surface area (Å²) in [4.78, 5) is 20.7. The van der Waals surface area contributed by atoms with E-state index in [0.717, 1.165) is 11.4 Å². The molecule has 1 saturated heterocycles. The van der Waals surface area contributed by atoms with Gasteiger partial charge >= 0.3 is 0 Å². The van der Waals surface area contributed by atoms with Crippen LogP contribution in [0.25, 0.3) is 0 Å². The van der Waals surface area contributed by atoms with Crippen molar-refractivity contribution in [3.8, 4) is 11.8 Å². The van der Waals surface area contributed by atoms with Gasteiger partial charge in [-0.3, -0.25) is 4.79 Å². The van der Waals surface area contributed by atoms with Gasteiger partial charge in [-0.15, -0.1) is 0 Å². The summed E-state index contributed by atoms with van der Waals surface area (Å²) in [5.74, 6) is 1.14. The van der Waals surface area contributed by atoms with E-state index in [-0.39, 0.29) is 11.7 Å². The molecule has 0 bridgehead atoms. The number of aromatic nitrogens is 1. The molecule has 1 aliphatic heterocycles. The Morgan fingerprint density at radius 1 is 1.16 bits per heavy atom. The van der Waals surface area contributed by atoms with E-state index in [1.54, 1.807) is 24.3 Å². The first-order chi connectivity index (χ1) is 12.2. The van der Waals surface area contributed by atoms with Gasteiger partial charge in [0.2, 0.25) is 5.91 Å². The third kappa shape index (κ3) is 4.27. The van der Waals surface area contributed by atoms with Gasteiger partial charge in [-0.05, 0) is 36.2 Å². The van der Waals surface area contributed by atoms with E-state index in [4.69, 9.17) is 5.26 Å². The number of carbonyl (C=O) groups excluding carboxylic acids is 1. The number of phenolic OH excluding ortho intramolecular Hbond substituents is 1. The second kappa shape index (κ2) is 7.67. The molecular weight excluding hydrogens is 316 g/mol. The number of amides is 1. The van der Waals surface area contributed by atoms with Crippen LogP contribution in [0.2, 0.25) is 0 Å². The van der Waals surface area contributed by atoms with Gasteiger partial charge < -0.3 is 14.9 Å². The molecular formula is C19H20N4O2. The van der Waals surface area contributed by atoms with Crippen molar-refractivity contribution in [2.45, 2.75) is 12.8 Å². The molecule has 0 unspecified atom stereocenters. The molecule has 1 fully saturated rings. The van der Waals surface area contributed by atoms with Crippen LogP contribution in [0.5, 0.6) is 5.75 Å². The summed E-state index contributed by atoms with van der Waals surface area (Å²) in [6.45, 7) is 2.72. The predicted molar refractivity (Wildman–Crippen MR) is 94.2 cm³/mol. The largest absolute Gasteiger partial charge is 0.508 e. The van der Waals surface area contributed by atoms with Crippen LogP contribution in [-0.4, -0.2) is 47.1 Å². The van der Waals surface area contributed by atoms with E-state index in [2.05, 4.69) is 9.88 Å². The van der Waals surface area contributed by atoms with Crippen molar-refractivity contribution in [3.05, 3.63) is 53.7 Å². The number of pyridine rings is 1. The van der Waals surface area contributed by atoms with Crippen molar-refractivity contribution < 1.29 is 9.90 Å². The highest BCUT2D eigenvalue weighted by Crippen LogP contribution is 2.16. The maximum Gasteiger partial charge on any atom is 0.223 e. The van der Waals surface area contributed by atoms with Crippen LogP contribution >= 0.6 is 0 Å². The highest BCUT2D eigenvalue weighted by molar-refractivity contribution is 5.76. The number of hydrogen-bond donors (Lipinski definition) is 1. The minimum Gasteiger partial charge on any atom is -0.508 e. The van der Waals surface area contributed by atoms with E-state index < -0.39 is 0 Å². The summed E-state index contributed by atoms with van der Waals surface area (Å²) < 4.78 is 0. The summed E-state index contributed by atoms with van der Waals surface area (Å²) >= 11 is 0. The maximum atomic E-state index is 12.4. The number of anilines is 1. The van der Waals surface area contributed by atoms with Crippen molar-refractivity contribution in [1.82, 2.24) is 9.88 Å². The Hall–Kier alpha value is -3.07. The van der Waals surface area contributed by atoms with Crippen molar-refractivity contribution in [2.24, 2.45) is 0 Å². The van der Waals surface area contributed by atoms with Crippen molar-refractivity contribution in [1.29, 1.82) is 5.26 Å². The highest BCUT2D eigenvalue weighted by Gasteiger charge is 2.21. The Balaban J connectivity index is 1.51. The minimum absolute atomic E-state index is 0.127. The molecule has 6 nitrogen and oxygen atoms in total. The number of piperazine rings is 1. The van der Waals surface area contributed by atoms with Crippen LogP contribution in [0.3, 0.4) is 0 Å². The van der Waals surface area contributed by atoms with E-state index in [9.17, 15) is 9.90 Å². The summed E-state index contributed by atoms with van der Waals surface area (Å²) in [6.07, 6.45) is 1.06. The molecule has 2 aromatic rings. The average molecular weight is 336 g/mol. The van der Waals surface area contributed by atoms with Gasteiger partial charge in [-0.25, -0.2) is 4.98 Å². The molecule has 1 amide bonds. The number of benzene rings is 1. The first kappa shape index (κ1) is 16.8. The smallest absolute Gasteiger partial charge is 0.223 e. The topological polar surface area (TPSA) is 80.5 Å². The molecule has 2 heterocycles. The van der Waals surface area contributed by atoms with Crippen LogP contribution in [-0.2, 0) is 11.2 Å². The summed E-state index contributed by atoms with van der Waals surface area (Å²) in [6, 6.07) is 14.5. The lowest BCUT2D eigenvalue weighted by Gasteiger charge is -2.35. The van der Waals surface area contributed by atoms with E-state index in [1.165, 1.54) is 0 Å². The lowest BCUT2D eigenvalue weighted by atomic mass is 10.1. The lowest BCUT2D eigenvalue weighted by Crippen LogP contribution is -2.49. The van der Waals surface area contributed by atoms with Crippen LogP contribution < -0.4 is 4.90 Å². The maximum absolute atomic E-state index is 12.4. The molecule has 25 heavy (non-hydrogen) atoms. The number of rotatable bonds is 4. The normalized spacial score (nSPS) is 14.2. The van der Waals surface area contributed by atoms with Gasteiger partial charge in [0, 0.05) is 32.6 Å². The van der Waals surface area contributed by atoms with Crippen LogP contribution in [0.4, 0.5) is 5.82 Å². The Kier molecular flexibility index (Phi) is 5.14. The molecule has 3 rings (SSSR count). The highest BCUT2D eigenvalue weighted by atomic mass is 16.3. The predicted octanol–water partition coefficient (Wildman–Crippen LogP) is 1.94. The summed E-state index contributed by atoms with van der Waals surface area (Å²) in [7, 11) is 0. The molecule has 0 aliphatic carbocycles. The monoisotopic (exact) mass is 336 g/mol. The first-order valence-corrected chi connectivity index (χ1v) is 8.33. The van der Waals surface area contributed by atoms with Gasteiger partial charge in [0.15, 0.2) is 0 Å². The number of nitrogens with zero attached hydrogens (tertiary/aromatic N) is 4. The number of aryl methyl sites for hydroxylation is 1. The fraction of sp³-hybridized carbons (Fsp3) is 0.316.